The molecule has 0 radical (unpaired) electrons. The van der Waals surface area contributed by atoms with Gasteiger partial charge in [0.25, 0.3) is 5.56 Å². The van der Waals surface area contributed by atoms with E-state index in [1.54, 1.807) is 35.1 Å². The summed E-state index contributed by atoms with van der Waals surface area (Å²) in [5, 5.41) is 4.67. The molecule has 0 spiro atoms. The highest BCUT2D eigenvalue weighted by Crippen LogP contribution is 2.31. The van der Waals surface area contributed by atoms with Crippen molar-refractivity contribution in [1.82, 2.24) is 9.55 Å². The van der Waals surface area contributed by atoms with Crippen molar-refractivity contribution in [1.29, 1.82) is 0 Å². The number of halogens is 1. The summed E-state index contributed by atoms with van der Waals surface area (Å²) >= 11 is 7.85. The Bertz CT molecular complexity index is 1060. The highest BCUT2D eigenvalue weighted by Gasteiger charge is 2.26. The smallest absolute Gasteiger partial charge is 0.268 e. The van der Waals surface area contributed by atoms with Crippen molar-refractivity contribution in [2.45, 2.75) is 19.4 Å². The number of aromatic nitrogens is 2. The van der Waals surface area contributed by atoms with Crippen LogP contribution in [0.3, 0.4) is 0 Å². The van der Waals surface area contributed by atoms with Gasteiger partial charge in [-0.3, -0.25) is 4.79 Å². The maximum absolute atomic E-state index is 13.6. The zero-order valence-corrected chi connectivity index (χ0v) is 17.6. The van der Waals surface area contributed by atoms with E-state index in [2.05, 4.69) is 12.4 Å². The second kappa shape index (κ2) is 8.21. The quantitative estimate of drug-likeness (QED) is 0.601. The van der Waals surface area contributed by atoms with Crippen molar-refractivity contribution in [2.75, 3.05) is 39.2 Å². The van der Waals surface area contributed by atoms with Crippen molar-refractivity contribution >= 4 is 39.1 Å². The van der Waals surface area contributed by atoms with Crippen LogP contribution in [0, 0.1) is 0 Å². The molecule has 1 aliphatic rings. The molecule has 0 saturated heterocycles. The molecule has 3 aromatic rings. The van der Waals surface area contributed by atoms with E-state index in [-0.39, 0.29) is 5.56 Å². The van der Waals surface area contributed by atoms with Gasteiger partial charge in [0.15, 0.2) is 0 Å². The standard InChI is InChI=1S/C20H23ClN4O2S/c1-24-9-7-15-16(12-24)28-18-17(15)19(26)25(14-6-3-5-13(21)11-14)20(23-18)22-8-4-10-27-2/h3,5-6,11H,4,7-10,12H2,1-2H3,(H,22,23)/p+1. The molecule has 1 aromatic carbocycles. The van der Waals surface area contributed by atoms with Gasteiger partial charge in [-0.05, 0) is 30.2 Å². The van der Waals surface area contributed by atoms with Crippen LogP contribution in [-0.4, -0.2) is 43.4 Å². The summed E-state index contributed by atoms with van der Waals surface area (Å²) in [4.78, 5) is 22.0. The van der Waals surface area contributed by atoms with Gasteiger partial charge in [-0.2, -0.15) is 0 Å². The molecule has 6 nitrogen and oxygen atoms in total. The number of hydrogen-bond acceptors (Lipinski definition) is 5. The van der Waals surface area contributed by atoms with Gasteiger partial charge in [0.2, 0.25) is 5.95 Å². The number of nitrogens with one attached hydrogen (secondary N) is 2. The lowest BCUT2D eigenvalue weighted by atomic mass is 10.1. The Hall–Kier alpha value is -1.93. The number of benzene rings is 1. The Kier molecular flexibility index (Phi) is 5.68. The van der Waals surface area contributed by atoms with Crippen LogP contribution in [0.25, 0.3) is 15.9 Å². The molecule has 0 saturated carbocycles. The lowest BCUT2D eigenvalue weighted by molar-refractivity contribution is -0.895. The molecular formula is C20H24ClN4O2S+. The normalized spacial score (nSPS) is 16.3. The second-order valence-electron chi connectivity index (χ2n) is 7.15. The van der Waals surface area contributed by atoms with Gasteiger partial charge in [0.1, 0.15) is 11.4 Å². The SMILES string of the molecule is COCCCNc1nc2sc3c(c2c(=O)n1-c1cccc(Cl)c1)CC[NH+](C)C3. The van der Waals surface area contributed by atoms with Gasteiger partial charge in [0.05, 0.1) is 29.5 Å². The number of likely N-dealkylation sites (N-methyl/N-ethyl adjacent to an activating group) is 1. The number of thiophene rings is 1. The summed E-state index contributed by atoms with van der Waals surface area (Å²) < 4.78 is 6.77. The zero-order valence-electron chi connectivity index (χ0n) is 16.0. The molecule has 0 amide bonds. The number of methoxy groups -OCH3 is 1. The highest BCUT2D eigenvalue weighted by molar-refractivity contribution is 7.18. The van der Waals surface area contributed by atoms with Gasteiger partial charge in [-0.1, -0.05) is 17.7 Å². The van der Waals surface area contributed by atoms with Gasteiger partial charge >= 0.3 is 0 Å². The second-order valence-corrected chi connectivity index (χ2v) is 8.67. The van der Waals surface area contributed by atoms with Crippen molar-refractivity contribution in [3.05, 3.63) is 50.1 Å². The number of quaternary nitrogens is 1. The van der Waals surface area contributed by atoms with E-state index in [4.69, 9.17) is 21.3 Å². The minimum absolute atomic E-state index is 0.0291. The number of ether oxygens (including phenoxy) is 1. The van der Waals surface area contributed by atoms with Crippen LogP contribution in [0.5, 0.6) is 0 Å². The minimum atomic E-state index is -0.0291. The van der Waals surface area contributed by atoms with E-state index < -0.39 is 0 Å². The van der Waals surface area contributed by atoms with Crippen LogP contribution in [0.1, 0.15) is 16.9 Å². The number of nitrogens with zero attached hydrogens (tertiary/aromatic N) is 2. The average Bonchev–Trinajstić information content (AvgIpc) is 3.02. The molecule has 0 aliphatic carbocycles. The van der Waals surface area contributed by atoms with E-state index in [0.717, 1.165) is 41.8 Å². The van der Waals surface area contributed by atoms with Crippen LogP contribution in [0.2, 0.25) is 5.02 Å². The molecule has 148 valence electrons. The first-order chi connectivity index (χ1) is 13.6. The lowest BCUT2D eigenvalue weighted by Crippen LogP contribution is -3.08. The summed E-state index contributed by atoms with van der Waals surface area (Å²) in [5.74, 6) is 0.551. The van der Waals surface area contributed by atoms with Gasteiger partial charge in [-0.15, -0.1) is 11.3 Å². The third-order valence-electron chi connectivity index (χ3n) is 5.05. The third kappa shape index (κ3) is 3.67. The number of anilines is 1. The fourth-order valence-electron chi connectivity index (χ4n) is 3.65. The molecule has 2 N–H and O–H groups in total. The fraction of sp³-hybridized carbons (Fsp3) is 0.400. The lowest BCUT2D eigenvalue weighted by Gasteiger charge is -2.19. The first-order valence-electron chi connectivity index (χ1n) is 9.46. The monoisotopic (exact) mass is 419 g/mol. The van der Waals surface area contributed by atoms with E-state index in [9.17, 15) is 4.79 Å². The van der Waals surface area contributed by atoms with E-state index in [1.807, 2.05) is 12.1 Å². The van der Waals surface area contributed by atoms with E-state index >= 15 is 0 Å². The van der Waals surface area contributed by atoms with E-state index in [1.165, 1.54) is 15.3 Å². The molecule has 1 atom stereocenters. The molecule has 0 fully saturated rings. The molecule has 3 heterocycles. The molecule has 2 aromatic heterocycles. The Morgan fingerprint density at radius 2 is 2.29 bits per heavy atom. The largest absolute Gasteiger partial charge is 0.385 e. The molecule has 0 bridgehead atoms. The topological polar surface area (TPSA) is 60.6 Å². The summed E-state index contributed by atoms with van der Waals surface area (Å²) in [7, 11) is 3.87. The maximum Gasteiger partial charge on any atom is 0.268 e. The summed E-state index contributed by atoms with van der Waals surface area (Å²) in [5.41, 5.74) is 1.86. The van der Waals surface area contributed by atoms with Crippen molar-refractivity contribution in [2.24, 2.45) is 0 Å². The first-order valence-corrected chi connectivity index (χ1v) is 10.6. The van der Waals surface area contributed by atoms with Gasteiger partial charge in [0, 0.05) is 31.7 Å². The zero-order chi connectivity index (χ0) is 19.7. The van der Waals surface area contributed by atoms with Crippen LogP contribution in [-0.2, 0) is 17.7 Å². The Labute approximate surface area is 172 Å². The van der Waals surface area contributed by atoms with Crippen molar-refractivity contribution in [3.8, 4) is 5.69 Å². The maximum atomic E-state index is 13.6. The first kappa shape index (κ1) is 19.4. The number of fused-ring (bicyclic) bond motifs is 3. The highest BCUT2D eigenvalue weighted by atomic mass is 35.5. The Balaban J connectivity index is 1.87. The minimum Gasteiger partial charge on any atom is -0.385 e. The molecule has 28 heavy (non-hydrogen) atoms. The van der Waals surface area contributed by atoms with Crippen molar-refractivity contribution in [3.63, 3.8) is 0 Å². The van der Waals surface area contributed by atoms with Crippen LogP contribution in [0.4, 0.5) is 5.95 Å². The van der Waals surface area contributed by atoms with Crippen LogP contribution in [0.15, 0.2) is 29.1 Å². The van der Waals surface area contributed by atoms with Gasteiger partial charge < -0.3 is 15.0 Å². The average molecular weight is 420 g/mol. The van der Waals surface area contributed by atoms with Gasteiger partial charge in [-0.25, -0.2) is 9.55 Å². The number of hydrogen-bond donors (Lipinski definition) is 2. The number of rotatable bonds is 6. The van der Waals surface area contributed by atoms with Crippen molar-refractivity contribution < 1.29 is 9.64 Å². The molecular weight excluding hydrogens is 396 g/mol. The summed E-state index contributed by atoms with van der Waals surface area (Å²) in [6.07, 6.45) is 1.74. The van der Waals surface area contributed by atoms with Crippen LogP contribution < -0.4 is 15.8 Å². The fourth-order valence-corrected chi connectivity index (χ4v) is 5.16. The molecule has 4 rings (SSSR count). The van der Waals surface area contributed by atoms with E-state index in [0.29, 0.717) is 24.1 Å². The Morgan fingerprint density at radius 3 is 3.07 bits per heavy atom. The summed E-state index contributed by atoms with van der Waals surface area (Å²) in [6.45, 7) is 3.30. The third-order valence-corrected chi connectivity index (χ3v) is 6.41. The Morgan fingerprint density at radius 1 is 1.43 bits per heavy atom. The predicted molar refractivity (Wildman–Crippen MR) is 114 cm³/mol. The predicted octanol–water partition coefficient (Wildman–Crippen LogP) is 2.12. The summed E-state index contributed by atoms with van der Waals surface area (Å²) in [6, 6.07) is 7.34. The molecule has 1 aliphatic heterocycles. The molecule has 1 unspecified atom stereocenters. The molecule has 8 heteroatoms. The van der Waals surface area contributed by atoms with Crippen LogP contribution >= 0.6 is 22.9 Å².